The molecule has 0 radical (unpaired) electrons. The molecule has 1 fully saturated rings. The molecule has 0 unspecified atom stereocenters. The van der Waals surface area contributed by atoms with Gasteiger partial charge in [-0.15, -0.1) is 0 Å². The number of carbonyl (C=O) groups is 1. The van der Waals surface area contributed by atoms with Crippen LogP contribution in [0.3, 0.4) is 0 Å². The summed E-state index contributed by atoms with van der Waals surface area (Å²) in [6.45, 7) is 6.30. The monoisotopic (exact) mass is 170 g/mol. The Morgan fingerprint density at radius 1 is 1.42 bits per heavy atom. The van der Waals surface area contributed by atoms with Crippen molar-refractivity contribution in [3.05, 3.63) is 0 Å². The van der Waals surface area contributed by atoms with Gasteiger partial charge in [-0.1, -0.05) is 20.8 Å². The van der Waals surface area contributed by atoms with Gasteiger partial charge in [0.05, 0.1) is 5.92 Å². The number of carboxylic acid groups (broad SMARTS) is 1. The maximum Gasteiger partial charge on any atom is 0.307 e. The van der Waals surface area contributed by atoms with Crippen molar-refractivity contribution in [1.82, 2.24) is 0 Å². The Kier molecular flexibility index (Phi) is 2.76. The van der Waals surface area contributed by atoms with Crippen LogP contribution in [-0.2, 0) is 4.79 Å². The van der Waals surface area contributed by atoms with Crippen LogP contribution in [0.5, 0.6) is 0 Å². The Morgan fingerprint density at radius 3 is 2.33 bits per heavy atom. The summed E-state index contributed by atoms with van der Waals surface area (Å²) < 4.78 is 0. The van der Waals surface area contributed by atoms with E-state index in [9.17, 15) is 4.79 Å². The SMILES string of the molecule is CC(C)[C@@H]1CC[C@@H](C)[C@H]1C(=O)O. The van der Waals surface area contributed by atoms with Gasteiger partial charge in [-0.05, 0) is 30.6 Å². The van der Waals surface area contributed by atoms with E-state index in [0.29, 0.717) is 17.8 Å². The standard InChI is InChI=1S/C10H18O2/c1-6(2)8-5-4-7(3)9(8)10(11)12/h6-9H,4-5H2,1-3H3,(H,11,12)/t7-,8+,9-/m1/s1. The van der Waals surface area contributed by atoms with Gasteiger partial charge in [0.15, 0.2) is 0 Å². The smallest absolute Gasteiger partial charge is 0.307 e. The van der Waals surface area contributed by atoms with Gasteiger partial charge in [-0.2, -0.15) is 0 Å². The van der Waals surface area contributed by atoms with Crippen molar-refractivity contribution in [2.75, 3.05) is 0 Å². The van der Waals surface area contributed by atoms with E-state index >= 15 is 0 Å². The van der Waals surface area contributed by atoms with Gasteiger partial charge in [0.1, 0.15) is 0 Å². The van der Waals surface area contributed by atoms with Crippen molar-refractivity contribution in [1.29, 1.82) is 0 Å². The van der Waals surface area contributed by atoms with Gasteiger partial charge < -0.3 is 5.11 Å². The lowest BCUT2D eigenvalue weighted by Crippen LogP contribution is -2.26. The lowest BCUT2D eigenvalue weighted by molar-refractivity contribution is -0.144. The zero-order chi connectivity index (χ0) is 9.30. The molecule has 0 aromatic carbocycles. The molecule has 0 heterocycles. The Labute approximate surface area is 74.0 Å². The van der Waals surface area contributed by atoms with Crippen molar-refractivity contribution in [2.24, 2.45) is 23.7 Å². The number of hydrogen-bond acceptors (Lipinski definition) is 1. The first-order valence-electron chi connectivity index (χ1n) is 4.76. The minimum absolute atomic E-state index is 0.0926. The zero-order valence-corrected chi connectivity index (χ0v) is 8.08. The normalized spacial score (nSPS) is 35.8. The summed E-state index contributed by atoms with van der Waals surface area (Å²) in [7, 11) is 0. The van der Waals surface area contributed by atoms with Crippen LogP contribution in [0, 0.1) is 23.7 Å². The van der Waals surface area contributed by atoms with Crippen LogP contribution in [0.2, 0.25) is 0 Å². The Morgan fingerprint density at radius 2 is 2.00 bits per heavy atom. The molecule has 0 amide bonds. The van der Waals surface area contributed by atoms with E-state index < -0.39 is 5.97 Å². The lowest BCUT2D eigenvalue weighted by Gasteiger charge is -2.21. The van der Waals surface area contributed by atoms with E-state index in [1.54, 1.807) is 0 Å². The van der Waals surface area contributed by atoms with Crippen LogP contribution in [0.1, 0.15) is 33.6 Å². The quantitative estimate of drug-likeness (QED) is 0.691. The Balaban J connectivity index is 2.70. The summed E-state index contributed by atoms with van der Waals surface area (Å²) in [5.74, 6) is 0.590. The maximum atomic E-state index is 10.9. The van der Waals surface area contributed by atoms with Crippen molar-refractivity contribution in [2.45, 2.75) is 33.6 Å². The molecule has 3 atom stereocenters. The highest BCUT2D eigenvalue weighted by molar-refractivity contribution is 5.71. The molecule has 0 saturated heterocycles. The molecule has 1 aliphatic carbocycles. The molecular weight excluding hydrogens is 152 g/mol. The molecule has 1 rings (SSSR count). The van der Waals surface area contributed by atoms with Crippen LogP contribution in [0.25, 0.3) is 0 Å². The first-order valence-corrected chi connectivity index (χ1v) is 4.76. The molecule has 1 N–H and O–H groups in total. The second kappa shape index (κ2) is 3.46. The second-order valence-corrected chi connectivity index (χ2v) is 4.33. The van der Waals surface area contributed by atoms with Crippen molar-refractivity contribution >= 4 is 5.97 Å². The molecule has 0 aliphatic heterocycles. The summed E-state index contributed by atoms with van der Waals surface area (Å²) in [6, 6.07) is 0. The Bertz CT molecular complexity index is 175. The van der Waals surface area contributed by atoms with Crippen LogP contribution in [-0.4, -0.2) is 11.1 Å². The van der Waals surface area contributed by atoms with Crippen LogP contribution >= 0.6 is 0 Å². The number of aliphatic carboxylic acids is 1. The van der Waals surface area contributed by atoms with Gasteiger partial charge in [0, 0.05) is 0 Å². The summed E-state index contributed by atoms with van der Waals surface area (Å²) >= 11 is 0. The fourth-order valence-electron chi connectivity index (χ4n) is 2.41. The van der Waals surface area contributed by atoms with Crippen molar-refractivity contribution in [3.63, 3.8) is 0 Å². The summed E-state index contributed by atoms with van der Waals surface area (Å²) in [5.41, 5.74) is 0. The van der Waals surface area contributed by atoms with E-state index in [2.05, 4.69) is 20.8 Å². The van der Waals surface area contributed by atoms with Crippen molar-refractivity contribution < 1.29 is 9.90 Å². The van der Waals surface area contributed by atoms with E-state index in [1.807, 2.05) is 0 Å². The maximum absolute atomic E-state index is 10.9. The highest BCUT2D eigenvalue weighted by Crippen LogP contribution is 2.40. The lowest BCUT2D eigenvalue weighted by atomic mass is 9.83. The molecule has 2 heteroatoms. The van der Waals surface area contributed by atoms with E-state index in [0.717, 1.165) is 12.8 Å². The second-order valence-electron chi connectivity index (χ2n) is 4.33. The number of hydrogen-bond donors (Lipinski definition) is 1. The fourth-order valence-corrected chi connectivity index (χ4v) is 2.41. The van der Waals surface area contributed by atoms with Crippen LogP contribution < -0.4 is 0 Å². The summed E-state index contributed by atoms with van der Waals surface area (Å²) in [4.78, 5) is 10.9. The minimum atomic E-state index is -0.598. The third kappa shape index (κ3) is 1.62. The highest BCUT2D eigenvalue weighted by Gasteiger charge is 2.39. The van der Waals surface area contributed by atoms with Gasteiger partial charge in [0.2, 0.25) is 0 Å². The predicted molar refractivity (Wildman–Crippen MR) is 47.9 cm³/mol. The molecule has 1 aliphatic rings. The molecule has 70 valence electrons. The third-order valence-electron chi connectivity index (χ3n) is 3.17. The average Bonchev–Trinajstić information content (AvgIpc) is 2.30. The fraction of sp³-hybridized carbons (Fsp3) is 0.900. The first kappa shape index (κ1) is 9.56. The average molecular weight is 170 g/mol. The number of rotatable bonds is 2. The minimum Gasteiger partial charge on any atom is -0.481 e. The molecule has 12 heavy (non-hydrogen) atoms. The van der Waals surface area contributed by atoms with Gasteiger partial charge in [-0.25, -0.2) is 0 Å². The van der Waals surface area contributed by atoms with E-state index in [1.165, 1.54) is 0 Å². The Hall–Kier alpha value is -0.530. The largest absolute Gasteiger partial charge is 0.481 e. The molecule has 0 aromatic rings. The van der Waals surface area contributed by atoms with Crippen LogP contribution in [0.15, 0.2) is 0 Å². The van der Waals surface area contributed by atoms with Gasteiger partial charge >= 0.3 is 5.97 Å². The molecule has 0 aromatic heterocycles. The van der Waals surface area contributed by atoms with Gasteiger partial charge in [-0.3, -0.25) is 4.79 Å². The number of carboxylic acids is 1. The van der Waals surface area contributed by atoms with E-state index in [-0.39, 0.29) is 5.92 Å². The first-order chi connectivity index (χ1) is 5.54. The molecule has 1 saturated carbocycles. The van der Waals surface area contributed by atoms with Gasteiger partial charge in [0.25, 0.3) is 0 Å². The zero-order valence-electron chi connectivity index (χ0n) is 8.08. The summed E-state index contributed by atoms with van der Waals surface area (Å²) in [6.07, 6.45) is 2.18. The van der Waals surface area contributed by atoms with Crippen molar-refractivity contribution in [3.8, 4) is 0 Å². The summed E-state index contributed by atoms with van der Waals surface area (Å²) in [5, 5.41) is 9.00. The van der Waals surface area contributed by atoms with Crippen LogP contribution in [0.4, 0.5) is 0 Å². The van der Waals surface area contributed by atoms with E-state index in [4.69, 9.17) is 5.11 Å². The highest BCUT2D eigenvalue weighted by atomic mass is 16.4. The molecule has 0 spiro atoms. The molecule has 0 bridgehead atoms. The topological polar surface area (TPSA) is 37.3 Å². The molecule has 2 nitrogen and oxygen atoms in total. The third-order valence-corrected chi connectivity index (χ3v) is 3.17. The molecular formula is C10H18O2. The predicted octanol–water partition coefficient (Wildman–Crippen LogP) is 2.39.